The Kier molecular flexibility index (Phi) is 2.30. The van der Waals surface area contributed by atoms with Gasteiger partial charge in [-0.15, -0.1) is 5.10 Å². The molecule has 1 aromatic carbocycles. The topological polar surface area (TPSA) is 67.6 Å². The first kappa shape index (κ1) is 10.5. The number of aromatic amines is 1. The first-order valence-corrected chi connectivity index (χ1v) is 4.32. The number of nitrogens with zero attached hydrogens (tertiary/aromatic N) is 2. The van der Waals surface area contributed by atoms with E-state index in [-0.39, 0.29) is 5.82 Å². The van der Waals surface area contributed by atoms with Gasteiger partial charge in [-0.05, 0) is 12.1 Å². The second kappa shape index (κ2) is 3.51. The first-order chi connectivity index (χ1) is 7.48. The Hall–Kier alpha value is -2.05. The van der Waals surface area contributed by atoms with E-state index in [0.717, 1.165) is 12.1 Å². The molecule has 84 valence electrons. The van der Waals surface area contributed by atoms with Crippen molar-refractivity contribution in [1.82, 2.24) is 15.4 Å². The molecule has 0 aliphatic carbocycles. The van der Waals surface area contributed by atoms with Crippen LogP contribution in [0.15, 0.2) is 24.3 Å². The van der Waals surface area contributed by atoms with Gasteiger partial charge in [0.15, 0.2) is 5.82 Å². The van der Waals surface area contributed by atoms with Crippen LogP contribution in [-0.2, 0) is 6.18 Å². The maximum Gasteiger partial charge on any atom is 0.416 e. The summed E-state index contributed by atoms with van der Waals surface area (Å²) in [6, 6.07) is 4.56. The maximum absolute atomic E-state index is 12.3. The summed E-state index contributed by atoms with van der Waals surface area (Å²) >= 11 is 0. The molecule has 0 radical (unpaired) electrons. The van der Waals surface area contributed by atoms with Crippen LogP contribution in [0.25, 0.3) is 11.3 Å². The predicted octanol–water partition coefficient (Wildman–Crippen LogP) is 2.07. The molecule has 3 N–H and O–H groups in total. The molecule has 0 aliphatic heterocycles. The van der Waals surface area contributed by atoms with Crippen molar-refractivity contribution in [3.63, 3.8) is 0 Å². The molecule has 2 rings (SSSR count). The highest BCUT2D eigenvalue weighted by atomic mass is 19.4. The van der Waals surface area contributed by atoms with E-state index in [0.29, 0.717) is 11.3 Å². The Morgan fingerprint density at radius 2 is 1.69 bits per heavy atom. The molecule has 0 spiro atoms. The number of hydrogen-bond acceptors (Lipinski definition) is 3. The van der Waals surface area contributed by atoms with Crippen LogP contribution in [0.4, 0.5) is 19.0 Å². The number of aromatic nitrogens is 3. The second-order valence-electron chi connectivity index (χ2n) is 3.13. The fourth-order valence-electron chi connectivity index (χ4n) is 1.27. The van der Waals surface area contributed by atoms with Gasteiger partial charge in [0.2, 0.25) is 0 Å². The Balaban J connectivity index is 2.37. The Labute approximate surface area is 88.3 Å². The summed E-state index contributed by atoms with van der Waals surface area (Å²) < 4.78 is 36.8. The zero-order valence-electron chi connectivity index (χ0n) is 7.92. The first-order valence-electron chi connectivity index (χ1n) is 4.32. The molecule has 2 aromatic rings. The standard InChI is InChI=1S/C9H7F3N4/c10-9(11,12)6-3-1-5(2-4-6)7-8(13)15-16-14-7/h1-4H,(H3,13,14,15,16). The number of nitrogens with two attached hydrogens (primary N) is 1. The van der Waals surface area contributed by atoms with Gasteiger partial charge in [0.05, 0.1) is 5.56 Å². The van der Waals surface area contributed by atoms with E-state index in [1.165, 1.54) is 12.1 Å². The van der Waals surface area contributed by atoms with Crippen molar-refractivity contribution in [3.8, 4) is 11.3 Å². The minimum Gasteiger partial charge on any atom is -0.380 e. The van der Waals surface area contributed by atoms with Crippen LogP contribution in [0, 0.1) is 0 Å². The minimum absolute atomic E-state index is 0.153. The molecule has 1 aromatic heterocycles. The van der Waals surface area contributed by atoms with Crippen molar-refractivity contribution in [1.29, 1.82) is 0 Å². The van der Waals surface area contributed by atoms with Gasteiger partial charge in [-0.2, -0.15) is 23.5 Å². The van der Waals surface area contributed by atoms with Crippen LogP contribution in [0.5, 0.6) is 0 Å². The number of H-pyrrole nitrogens is 1. The summed E-state index contributed by atoms with van der Waals surface area (Å²) in [6.07, 6.45) is -4.34. The molecular weight excluding hydrogens is 221 g/mol. The number of nitrogen functional groups attached to an aromatic ring is 1. The lowest BCUT2D eigenvalue weighted by Gasteiger charge is -2.06. The molecule has 0 saturated carbocycles. The lowest BCUT2D eigenvalue weighted by atomic mass is 10.1. The van der Waals surface area contributed by atoms with Crippen LogP contribution < -0.4 is 5.73 Å². The van der Waals surface area contributed by atoms with Gasteiger partial charge >= 0.3 is 6.18 Å². The number of hydrogen-bond donors (Lipinski definition) is 2. The van der Waals surface area contributed by atoms with E-state index in [1.54, 1.807) is 0 Å². The van der Waals surface area contributed by atoms with Gasteiger partial charge in [0.1, 0.15) is 5.69 Å². The van der Waals surface area contributed by atoms with E-state index in [4.69, 9.17) is 5.73 Å². The van der Waals surface area contributed by atoms with Gasteiger partial charge in [0.25, 0.3) is 0 Å². The molecule has 0 saturated heterocycles. The van der Waals surface area contributed by atoms with Crippen molar-refractivity contribution in [2.24, 2.45) is 0 Å². The lowest BCUT2D eigenvalue weighted by Crippen LogP contribution is -2.04. The monoisotopic (exact) mass is 228 g/mol. The van der Waals surface area contributed by atoms with E-state index >= 15 is 0 Å². The van der Waals surface area contributed by atoms with Crippen LogP contribution in [-0.4, -0.2) is 15.4 Å². The molecule has 0 fully saturated rings. The minimum atomic E-state index is -4.34. The predicted molar refractivity (Wildman–Crippen MR) is 51.2 cm³/mol. The van der Waals surface area contributed by atoms with E-state index in [9.17, 15) is 13.2 Å². The van der Waals surface area contributed by atoms with Crippen molar-refractivity contribution in [3.05, 3.63) is 29.8 Å². The smallest absolute Gasteiger partial charge is 0.380 e. The number of nitrogens with one attached hydrogen (secondary N) is 1. The van der Waals surface area contributed by atoms with Crippen molar-refractivity contribution < 1.29 is 13.2 Å². The molecule has 4 nitrogen and oxygen atoms in total. The number of anilines is 1. The fraction of sp³-hybridized carbons (Fsp3) is 0.111. The summed E-state index contributed by atoms with van der Waals surface area (Å²) in [5.74, 6) is 0.153. The highest BCUT2D eigenvalue weighted by Crippen LogP contribution is 2.31. The molecule has 7 heteroatoms. The molecule has 16 heavy (non-hydrogen) atoms. The quantitative estimate of drug-likeness (QED) is 0.785. The molecular formula is C9H7F3N4. The zero-order valence-corrected chi connectivity index (χ0v) is 7.92. The molecule has 0 bridgehead atoms. The molecule has 0 atom stereocenters. The molecule has 0 amide bonds. The average Bonchev–Trinajstić information content (AvgIpc) is 2.63. The van der Waals surface area contributed by atoms with E-state index in [2.05, 4.69) is 15.4 Å². The van der Waals surface area contributed by atoms with Gasteiger partial charge < -0.3 is 5.73 Å². The molecule has 0 unspecified atom stereocenters. The van der Waals surface area contributed by atoms with Gasteiger partial charge in [-0.1, -0.05) is 12.1 Å². The van der Waals surface area contributed by atoms with Crippen LogP contribution in [0.1, 0.15) is 5.56 Å². The summed E-state index contributed by atoms with van der Waals surface area (Å²) in [5.41, 5.74) is 5.59. The third-order valence-electron chi connectivity index (χ3n) is 2.06. The normalized spacial score (nSPS) is 11.7. The highest BCUT2D eigenvalue weighted by molar-refractivity contribution is 5.69. The van der Waals surface area contributed by atoms with Crippen LogP contribution >= 0.6 is 0 Å². The van der Waals surface area contributed by atoms with Gasteiger partial charge in [-0.25, -0.2) is 0 Å². The number of halogens is 3. The van der Waals surface area contributed by atoms with E-state index < -0.39 is 11.7 Å². The fourth-order valence-corrected chi connectivity index (χ4v) is 1.27. The van der Waals surface area contributed by atoms with Crippen molar-refractivity contribution in [2.75, 3.05) is 5.73 Å². The Morgan fingerprint density at radius 1 is 1.06 bits per heavy atom. The van der Waals surface area contributed by atoms with Crippen LogP contribution in [0.3, 0.4) is 0 Å². The van der Waals surface area contributed by atoms with Crippen molar-refractivity contribution in [2.45, 2.75) is 6.18 Å². The molecule has 1 heterocycles. The third kappa shape index (κ3) is 1.83. The average molecular weight is 228 g/mol. The summed E-state index contributed by atoms with van der Waals surface area (Å²) in [7, 11) is 0. The Morgan fingerprint density at radius 3 is 2.12 bits per heavy atom. The van der Waals surface area contributed by atoms with Gasteiger partial charge in [0, 0.05) is 5.56 Å². The summed E-state index contributed by atoms with van der Waals surface area (Å²) in [6.45, 7) is 0. The third-order valence-corrected chi connectivity index (χ3v) is 2.06. The Bertz CT molecular complexity index is 486. The highest BCUT2D eigenvalue weighted by Gasteiger charge is 2.30. The number of rotatable bonds is 1. The van der Waals surface area contributed by atoms with Crippen molar-refractivity contribution >= 4 is 5.82 Å². The summed E-state index contributed by atoms with van der Waals surface area (Å²) in [4.78, 5) is 0. The number of alkyl halides is 3. The molecule has 0 aliphatic rings. The zero-order chi connectivity index (χ0) is 11.8. The second-order valence-corrected chi connectivity index (χ2v) is 3.13. The lowest BCUT2D eigenvalue weighted by molar-refractivity contribution is -0.137. The SMILES string of the molecule is Nc1n[nH]nc1-c1ccc(C(F)(F)F)cc1. The van der Waals surface area contributed by atoms with Crippen LogP contribution in [0.2, 0.25) is 0 Å². The number of benzene rings is 1. The van der Waals surface area contributed by atoms with Gasteiger partial charge in [-0.3, -0.25) is 0 Å². The summed E-state index contributed by atoms with van der Waals surface area (Å²) in [5, 5.41) is 9.61. The maximum atomic E-state index is 12.3. The largest absolute Gasteiger partial charge is 0.416 e. The van der Waals surface area contributed by atoms with E-state index in [1.807, 2.05) is 0 Å².